The number of ketones is 1. The van der Waals surface area contributed by atoms with E-state index in [0.717, 1.165) is 85.1 Å². The molecule has 3 heterocycles. The molecule has 5 rings (SSSR count). The van der Waals surface area contributed by atoms with Crippen molar-refractivity contribution in [3.8, 4) is 0 Å². The molecule has 5 heteroatoms. The summed E-state index contributed by atoms with van der Waals surface area (Å²) in [7, 11) is 0. The number of benzene rings is 1. The van der Waals surface area contributed by atoms with Crippen molar-refractivity contribution >= 4 is 28.3 Å². The van der Waals surface area contributed by atoms with E-state index in [-0.39, 0.29) is 17.7 Å². The number of fused-ring (bicyclic) bond motifs is 4. The largest absolute Gasteiger partial charge is 0.352 e. The van der Waals surface area contributed by atoms with Crippen LogP contribution in [0.2, 0.25) is 0 Å². The number of nitrogens with zero attached hydrogens (tertiary/aromatic N) is 2. The van der Waals surface area contributed by atoms with Crippen LogP contribution in [0.1, 0.15) is 74.5 Å². The third kappa shape index (κ3) is 2.77. The van der Waals surface area contributed by atoms with Crippen LogP contribution < -0.4 is 4.90 Å². The van der Waals surface area contributed by atoms with Gasteiger partial charge in [-0.25, -0.2) is 0 Å². The first-order valence-electron chi connectivity index (χ1n) is 11.2. The van der Waals surface area contributed by atoms with Gasteiger partial charge >= 0.3 is 0 Å². The Hall–Kier alpha value is -2.14. The van der Waals surface area contributed by atoms with Crippen LogP contribution in [0.25, 0.3) is 10.9 Å². The smallest absolute Gasteiger partial charge is 0.237 e. The maximum Gasteiger partial charge on any atom is 0.237 e. The number of carbonyl (C=O) groups is 2. The molecule has 1 aliphatic carbocycles. The lowest BCUT2D eigenvalue weighted by Crippen LogP contribution is -2.48. The molecule has 1 aromatic heterocycles. The topological polar surface area (TPSA) is 56.4 Å². The summed E-state index contributed by atoms with van der Waals surface area (Å²) in [6, 6.07) is 4.62. The summed E-state index contributed by atoms with van der Waals surface area (Å²) in [6.07, 6.45) is 5.62. The highest BCUT2D eigenvalue weighted by atomic mass is 16.2. The minimum Gasteiger partial charge on any atom is -0.352 e. The molecule has 5 nitrogen and oxygen atoms in total. The molecule has 3 aliphatic rings. The molecule has 2 aromatic rings. The number of aromatic nitrogens is 1. The van der Waals surface area contributed by atoms with Crippen LogP contribution in [0, 0.1) is 0 Å². The van der Waals surface area contributed by atoms with Gasteiger partial charge in [-0.1, -0.05) is 6.92 Å². The Morgan fingerprint density at radius 3 is 2.55 bits per heavy atom. The summed E-state index contributed by atoms with van der Waals surface area (Å²) in [5.41, 5.74) is 4.60. The predicted octanol–water partition coefficient (Wildman–Crippen LogP) is 4.19. The van der Waals surface area contributed by atoms with Crippen LogP contribution in [0.3, 0.4) is 0 Å². The molecule has 29 heavy (non-hydrogen) atoms. The number of anilines is 1. The third-order valence-corrected chi connectivity index (χ3v) is 7.44. The molecule has 0 spiro atoms. The van der Waals surface area contributed by atoms with E-state index in [9.17, 15) is 9.59 Å². The molecular formula is C24H31N3O2. The second-order valence-electron chi connectivity index (χ2n) is 9.49. The van der Waals surface area contributed by atoms with Crippen LogP contribution in [0.5, 0.6) is 0 Å². The number of nitrogens with one attached hydrogen (secondary N) is 1. The SMILES string of the molecule is CCN1CCC(N2C(=O)C(C)(C)c3cc4[nH]c5c(c4cc32)CCCCC5=O)CC1. The molecule has 1 aromatic carbocycles. The van der Waals surface area contributed by atoms with Crippen LogP contribution in [-0.2, 0) is 16.6 Å². The van der Waals surface area contributed by atoms with Gasteiger partial charge in [-0.2, -0.15) is 0 Å². The van der Waals surface area contributed by atoms with Crippen LogP contribution in [-0.4, -0.2) is 47.3 Å². The maximum absolute atomic E-state index is 13.5. The zero-order valence-electron chi connectivity index (χ0n) is 17.8. The van der Waals surface area contributed by atoms with Gasteiger partial charge in [0.15, 0.2) is 5.78 Å². The van der Waals surface area contributed by atoms with Gasteiger partial charge in [0.05, 0.1) is 11.1 Å². The van der Waals surface area contributed by atoms with E-state index >= 15 is 0 Å². The molecule has 1 amide bonds. The second-order valence-corrected chi connectivity index (χ2v) is 9.49. The monoisotopic (exact) mass is 393 g/mol. The fourth-order valence-corrected chi connectivity index (χ4v) is 5.58. The Morgan fingerprint density at radius 2 is 1.83 bits per heavy atom. The van der Waals surface area contributed by atoms with Gasteiger partial charge in [0, 0.05) is 42.1 Å². The number of amides is 1. The van der Waals surface area contributed by atoms with E-state index in [0.29, 0.717) is 6.42 Å². The van der Waals surface area contributed by atoms with Crippen molar-refractivity contribution in [1.29, 1.82) is 0 Å². The number of piperidine rings is 1. The summed E-state index contributed by atoms with van der Waals surface area (Å²) >= 11 is 0. The third-order valence-electron chi connectivity index (χ3n) is 7.44. The quantitative estimate of drug-likeness (QED) is 0.779. The van der Waals surface area contributed by atoms with Crippen molar-refractivity contribution in [2.24, 2.45) is 0 Å². The molecular weight excluding hydrogens is 362 g/mol. The van der Waals surface area contributed by atoms with Crippen molar-refractivity contribution in [2.45, 2.75) is 70.8 Å². The lowest BCUT2D eigenvalue weighted by Gasteiger charge is -2.37. The minimum atomic E-state index is -0.530. The number of hydrogen-bond acceptors (Lipinski definition) is 3. The van der Waals surface area contributed by atoms with Gasteiger partial charge in [0.2, 0.25) is 5.91 Å². The lowest BCUT2D eigenvalue weighted by molar-refractivity contribution is -0.122. The Kier molecular flexibility index (Phi) is 4.35. The Balaban J connectivity index is 1.62. The Morgan fingerprint density at radius 1 is 1.10 bits per heavy atom. The summed E-state index contributed by atoms with van der Waals surface area (Å²) in [5, 5.41) is 1.13. The van der Waals surface area contributed by atoms with E-state index in [1.54, 1.807) is 0 Å². The van der Waals surface area contributed by atoms with E-state index in [1.807, 2.05) is 13.8 Å². The fourth-order valence-electron chi connectivity index (χ4n) is 5.58. The number of aromatic amines is 1. The summed E-state index contributed by atoms with van der Waals surface area (Å²) < 4.78 is 0. The van der Waals surface area contributed by atoms with Gasteiger partial charge in [0.1, 0.15) is 0 Å². The van der Waals surface area contributed by atoms with Gasteiger partial charge in [-0.05, 0) is 75.8 Å². The first kappa shape index (κ1) is 18.9. The number of rotatable bonds is 2. The van der Waals surface area contributed by atoms with Crippen molar-refractivity contribution < 1.29 is 9.59 Å². The van der Waals surface area contributed by atoms with Gasteiger partial charge < -0.3 is 14.8 Å². The van der Waals surface area contributed by atoms with E-state index < -0.39 is 5.41 Å². The number of Topliss-reactive ketones (excluding diaryl/α,β-unsaturated/α-hetero) is 1. The number of aryl methyl sites for hydroxylation is 1. The molecule has 0 atom stereocenters. The average Bonchev–Trinajstić information content (AvgIpc) is 3.08. The number of carbonyl (C=O) groups excluding carboxylic acids is 2. The first-order chi connectivity index (χ1) is 13.9. The maximum atomic E-state index is 13.5. The van der Waals surface area contributed by atoms with Crippen molar-refractivity contribution in [3.63, 3.8) is 0 Å². The molecule has 1 saturated heterocycles. The lowest BCUT2D eigenvalue weighted by atomic mass is 9.85. The van der Waals surface area contributed by atoms with Gasteiger partial charge in [-0.3, -0.25) is 9.59 Å². The highest BCUT2D eigenvalue weighted by Gasteiger charge is 2.47. The van der Waals surface area contributed by atoms with Crippen molar-refractivity contribution in [3.05, 3.63) is 29.0 Å². The number of likely N-dealkylation sites (tertiary alicyclic amines) is 1. The number of H-pyrrole nitrogens is 1. The summed E-state index contributed by atoms with van der Waals surface area (Å²) in [4.78, 5) is 34.0. The Labute approximate surface area is 172 Å². The zero-order chi connectivity index (χ0) is 20.3. The van der Waals surface area contributed by atoms with Crippen LogP contribution in [0.15, 0.2) is 12.1 Å². The van der Waals surface area contributed by atoms with E-state index in [2.05, 4.69) is 33.8 Å². The molecule has 2 aliphatic heterocycles. The van der Waals surface area contributed by atoms with Crippen molar-refractivity contribution in [1.82, 2.24) is 9.88 Å². The van der Waals surface area contributed by atoms with E-state index in [1.165, 1.54) is 0 Å². The molecule has 1 fully saturated rings. The zero-order valence-corrected chi connectivity index (χ0v) is 17.8. The molecule has 0 bridgehead atoms. The standard InChI is InChI=1S/C24H31N3O2/c1-4-26-11-9-15(10-12-26)27-20-13-17-16-7-5-6-8-21(28)22(16)25-19(17)14-18(20)24(2,3)23(27)29/h13-15,25H,4-12H2,1-3H3. The van der Waals surface area contributed by atoms with Gasteiger partial charge in [0.25, 0.3) is 0 Å². The molecule has 0 saturated carbocycles. The molecule has 1 N–H and O–H groups in total. The normalized spacial score (nSPS) is 22.8. The highest BCUT2D eigenvalue weighted by Crippen LogP contribution is 2.46. The second kappa shape index (κ2) is 6.69. The molecule has 154 valence electrons. The Bertz CT molecular complexity index is 995. The van der Waals surface area contributed by atoms with Crippen molar-refractivity contribution in [2.75, 3.05) is 24.5 Å². The highest BCUT2D eigenvalue weighted by molar-refractivity contribution is 6.11. The first-order valence-corrected chi connectivity index (χ1v) is 11.2. The summed E-state index contributed by atoms with van der Waals surface area (Å²) in [5.74, 6) is 0.449. The van der Waals surface area contributed by atoms with Crippen LogP contribution >= 0.6 is 0 Å². The van der Waals surface area contributed by atoms with Crippen LogP contribution in [0.4, 0.5) is 5.69 Å². The summed E-state index contributed by atoms with van der Waals surface area (Å²) in [6.45, 7) is 9.47. The number of hydrogen-bond donors (Lipinski definition) is 1. The minimum absolute atomic E-state index is 0.220. The predicted molar refractivity (Wildman–Crippen MR) is 116 cm³/mol. The molecule has 0 radical (unpaired) electrons. The fraction of sp³-hybridized carbons (Fsp3) is 0.583. The molecule has 0 unspecified atom stereocenters. The van der Waals surface area contributed by atoms with E-state index in [4.69, 9.17) is 0 Å². The average molecular weight is 394 g/mol. The van der Waals surface area contributed by atoms with Gasteiger partial charge in [-0.15, -0.1) is 0 Å².